The zero-order chi connectivity index (χ0) is 24.2. The maximum Gasteiger partial charge on any atom is 0.334 e. The monoisotopic (exact) mass is 464 g/mol. The van der Waals surface area contributed by atoms with Gasteiger partial charge in [0.2, 0.25) is 17.8 Å². The molecule has 1 saturated carbocycles. The van der Waals surface area contributed by atoms with Crippen LogP contribution in [-0.2, 0) is 22.6 Å². The molecule has 0 bridgehead atoms. The Labute approximate surface area is 199 Å². The first-order valence-corrected chi connectivity index (χ1v) is 11.6. The quantitative estimate of drug-likeness (QED) is 0.243. The number of carbonyl (C=O) groups excluding carboxylic acids is 3. The van der Waals surface area contributed by atoms with Gasteiger partial charge in [0.1, 0.15) is 6.04 Å². The molecule has 4 amide bonds. The molecule has 1 atom stereocenters. The molecule has 9 nitrogen and oxygen atoms in total. The molecular weight excluding hydrogens is 432 g/mol. The lowest BCUT2D eigenvalue weighted by Crippen LogP contribution is -2.56. The Kier molecular flexibility index (Phi) is 9.45. The van der Waals surface area contributed by atoms with E-state index in [1.54, 1.807) is 0 Å². The van der Waals surface area contributed by atoms with Crippen molar-refractivity contribution in [1.29, 1.82) is 0 Å². The van der Waals surface area contributed by atoms with E-state index in [2.05, 4.69) is 26.5 Å². The first-order chi connectivity index (χ1) is 16.5. The Hall–Kier alpha value is -3.88. The zero-order valence-electron chi connectivity index (χ0n) is 19.1. The summed E-state index contributed by atoms with van der Waals surface area (Å²) in [7, 11) is 0. The number of hydrogen-bond donors (Lipinski definition) is 5. The lowest BCUT2D eigenvalue weighted by molar-refractivity contribution is -0.124. The van der Waals surface area contributed by atoms with E-state index in [1.165, 1.54) is 0 Å². The van der Waals surface area contributed by atoms with Gasteiger partial charge in [0, 0.05) is 12.3 Å². The van der Waals surface area contributed by atoms with E-state index >= 15 is 0 Å². The van der Waals surface area contributed by atoms with Gasteiger partial charge in [-0.3, -0.25) is 20.3 Å². The highest BCUT2D eigenvalue weighted by Crippen LogP contribution is 2.23. The largest absolute Gasteiger partial charge is 0.368 e. The first kappa shape index (κ1) is 24.8. The average molecular weight is 465 g/mol. The Morgan fingerprint density at radius 2 is 1.50 bits per heavy atom. The summed E-state index contributed by atoms with van der Waals surface area (Å²) in [4.78, 5) is 41.4. The fourth-order valence-electron chi connectivity index (χ4n) is 3.83. The van der Waals surface area contributed by atoms with Crippen molar-refractivity contribution in [1.82, 2.24) is 21.5 Å². The van der Waals surface area contributed by atoms with Gasteiger partial charge in [0.15, 0.2) is 0 Å². The Morgan fingerprint density at radius 3 is 2.12 bits per heavy atom. The molecule has 3 rings (SSSR count). The van der Waals surface area contributed by atoms with E-state index in [1.807, 2.05) is 60.7 Å². The molecule has 34 heavy (non-hydrogen) atoms. The van der Waals surface area contributed by atoms with Crippen molar-refractivity contribution in [2.24, 2.45) is 16.6 Å². The summed E-state index contributed by atoms with van der Waals surface area (Å²) in [6.07, 6.45) is 5.13. The number of hydrazine groups is 1. The first-order valence-electron chi connectivity index (χ1n) is 11.6. The number of aliphatic imine (C=N–C) groups is 1. The SMILES string of the molecule is NC(=O)[C@H](Cc1ccccc1)NC(=O)NNC(=NCc1ccccc1)NC(=O)C1CCCCC1. The summed E-state index contributed by atoms with van der Waals surface area (Å²) in [5, 5.41) is 5.35. The van der Waals surface area contributed by atoms with E-state index in [9.17, 15) is 14.4 Å². The van der Waals surface area contributed by atoms with Crippen LogP contribution in [0.25, 0.3) is 0 Å². The molecular formula is C25H32N6O3. The summed E-state index contributed by atoms with van der Waals surface area (Å²) >= 11 is 0. The maximum atomic E-state index is 12.7. The second kappa shape index (κ2) is 13.0. The highest BCUT2D eigenvalue weighted by atomic mass is 16.2. The van der Waals surface area contributed by atoms with Crippen molar-refractivity contribution >= 4 is 23.8 Å². The van der Waals surface area contributed by atoms with Crippen LogP contribution in [-0.4, -0.2) is 29.8 Å². The van der Waals surface area contributed by atoms with Crippen LogP contribution < -0.4 is 27.2 Å². The van der Waals surface area contributed by atoms with E-state index in [-0.39, 0.29) is 24.2 Å². The van der Waals surface area contributed by atoms with Crippen LogP contribution >= 0.6 is 0 Å². The van der Waals surface area contributed by atoms with Crippen molar-refractivity contribution in [3.63, 3.8) is 0 Å². The number of rotatable bonds is 7. The third-order valence-corrected chi connectivity index (χ3v) is 5.71. The van der Waals surface area contributed by atoms with Gasteiger partial charge in [0.25, 0.3) is 0 Å². The number of primary amides is 1. The molecule has 1 aliphatic rings. The highest BCUT2D eigenvalue weighted by Gasteiger charge is 2.23. The molecule has 1 fully saturated rings. The molecule has 2 aromatic carbocycles. The highest BCUT2D eigenvalue weighted by molar-refractivity contribution is 5.98. The van der Waals surface area contributed by atoms with Gasteiger partial charge < -0.3 is 11.1 Å². The van der Waals surface area contributed by atoms with Crippen LogP contribution in [0.15, 0.2) is 65.7 Å². The molecule has 0 radical (unpaired) electrons. The topological polar surface area (TPSA) is 138 Å². The predicted molar refractivity (Wildman–Crippen MR) is 130 cm³/mol. The fourth-order valence-corrected chi connectivity index (χ4v) is 3.83. The molecule has 9 heteroatoms. The third-order valence-electron chi connectivity index (χ3n) is 5.71. The number of guanidine groups is 1. The number of hydrogen-bond acceptors (Lipinski definition) is 4. The molecule has 0 unspecified atom stereocenters. The van der Waals surface area contributed by atoms with Gasteiger partial charge in [-0.15, -0.1) is 0 Å². The molecule has 6 N–H and O–H groups in total. The van der Waals surface area contributed by atoms with Crippen LogP contribution in [0.2, 0.25) is 0 Å². The van der Waals surface area contributed by atoms with Crippen LogP contribution in [0.4, 0.5) is 4.79 Å². The van der Waals surface area contributed by atoms with Crippen molar-refractivity contribution in [3.05, 3.63) is 71.8 Å². The summed E-state index contributed by atoms with van der Waals surface area (Å²) in [5.41, 5.74) is 12.4. The summed E-state index contributed by atoms with van der Waals surface area (Å²) in [5.74, 6) is -0.715. The standard InChI is InChI=1S/C25H32N6O3/c26-22(32)21(16-18-10-4-1-5-11-18)28-25(34)31-30-24(27-17-19-12-6-2-7-13-19)29-23(33)20-14-8-3-9-15-20/h1-2,4-7,10-13,20-21H,3,8-9,14-17H2,(H2,26,32)(H2,28,31,34)(H2,27,29,30,33)/t21-/m0/s1. The minimum atomic E-state index is -0.897. The molecule has 0 spiro atoms. The number of nitrogens with two attached hydrogens (primary N) is 1. The van der Waals surface area contributed by atoms with E-state index in [4.69, 9.17) is 5.73 Å². The van der Waals surface area contributed by atoms with Gasteiger partial charge in [-0.2, -0.15) is 0 Å². The number of urea groups is 1. The fraction of sp³-hybridized carbons (Fsp3) is 0.360. The Bertz CT molecular complexity index is 975. The number of carbonyl (C=O) groups is 3. The van der Waals surface area contributed by atoms with Crippen molar-refractivity contribution in [2.75, 3.05) is 0 Å². The van der Waals surface area contributed by atoms with E-state index in [0.717, 1.165) is 43.2 Å². The van der Waals surface area contributed by atoms with Crippen LogP contribution in [0.5, 0.6) is 0 Å². The lowest BCUT2D eigenvalue weighted by atomic mass is 9.89. The number of nitrogens with one attached hydrogen (secondary N) is 4. The molecule has 180 valence electrons. The van der Waals surface area contributed by atoms with Gasteiger partial charge in [-0.1, -0.05) is 79.9 Å². The average Bonchev–Trinajstić information content (AvgIpc) is 2.87. The Balaban J connectivity index is 1.60. The summed E-state index contributed by atoms with van der Waals surface area (Å²) in [6.45, 7) is 0.315. The van der Waals surface area contributed by atoms with Crippen molar-refractivity contribution in [3.8, 4) is 0 Å². The second-order valence-corrected chi connectivity index (χ2v) is 8.34. The van der Waals surface area contributed by atoms with Crippen LogP contribution in [0.3, 0.4) is 0 Å². The lowest BCUT2D eigenvalue weighted by Gasteiger charge is -2.22. The number of nitrogens with zero attached hydrogens (tertiary/aromatic N) is 1. The van der Waals surface area contributed by atoms with Gasteiger partial charge >= 0.3 is 6.03 Å². The van der Waals surface area contributed by atoms with Crippen molar-refractivity contribution in [2.45, 2.75) is 51.1 Å². The third kappa shape index (κ3) is 8.23. The smallest absolute Gasteiger partial charge is 0.334 e. The summed E-state index contributed by atoms with van der Waals surface area (Å²) < 4.78 is 0. The van der Waals surface area contributed by atoms with Gasteiger partial charge in [-0.25, -0.2) is 15.2 Å². The minimum Gasteiger partial charge on any atom is -0.368 e. The van der Waals surface area contributed by atoms with Crippen molar-refractivity contribution < 1.29 is 14.4 Å². The minimum absolute atomic E-state index is 0.0728. The van der Waals surface area contributed by atoms with E-state index < -0.39 is 18.0 Å². The van der Waals surface area contributed by atoms with E-state index in [0.29, 0.717) is 6.54 Å². The van der Waals surface area contributed by atoms with Gasteiger partial charge in [-0.05, 0) is 24.0 Å². The van der Waals surface area contributed by atoms with Crippen LogP contribution in [0.1, 0.15) is 43.2 Å². The predicted octanol–water partition coefficient (Wildman–Crippen LogP) is 2.14. The molecule has 0 heterocycles. The number of benzene rings is 2. The second-order valence-electron chi connectivity index (χ2n) is 8.34. The summed E-state index contributed by atoms with van der Waals surface area (Å²) in [6, 6.07) is 17.3. The molecule has 0 aromatic heterocycles. The normalized spacial score (nSPS) is 15.1. The molecule has 0 aliphatic heterocycles. The molecule has 0 saturated heterocycles. The van der Waals surface area contributed by atoms with Crippen LogP contribution in [0, 0.1) is 5.92 Å². The van der Waals surface area contributed by atoms with Gasteiger partial charge in [0.05, 0.1) is 6.54 Å². The number of amides is 4. The molecule has 2 aromatic rings. The maximum absolute atomic E-state index is 12.7. The Morgan fingerprint density at radius 1 is 0.882 bits per heavy atom. The zero-order valence-corrected chi connectivity index (χ0v) is 19.1. The molecule has 1 aliphatic carbocycles.